The number of carbonyl (C=O) groups is 3. The lowest BCUT2D eigenvalue weighted by Crippen LogP contribution is -2.49. The first kappa shape index (κ1) is 26.5. The number of carboxylic acids is 1. The van der Waals surface area contributed by atoms with E-state index in [1.807, 2.05) is 48.2 Å². The van der Waals surface area contributed by atoms with Gasteiger partial charge in [-0.1, -0.05) is 44.2 Å². The summed E-state index contributed by atoms with van der Waals surface area (Å²) in [6.45, 7) is 6.82. The van der Waals surface area contributed by atoms with Gasteiger partial charge in [0.15, 0.2) is 0 Å². The molecule has 2 aromatic rings. The lowest BCUT2D eigenvalue weighted by Gasteiger charge is -2.30. The third-order valence-corrected chi connectivity index (χ3v) is 5.67. The van der Waals surface area contributed by atoms with E-state index in [2.05, 4.69) is 34.9 Å². The SMILES string of the molecule is Cc1ccccc1NC(=O)Nc1ccc(CC(=O)NC(CC(C)C)N2C=NN(CCC(=O)O)C2)cc1. The molecule has 2 aromatic carbocycles. The quantitative estimate of drug-likeness (QED) is 0.378. The number of urea groups is 1. The lowest BCUT2D eigenvalue weighted by molar-refractivity contribution is -0.137. The average molecular weight is 495 g/mol. The van der Waals surface area contributed by atoms with Crippen molar-refractivity contribution in [3.63, 3.8) is 0 Å². The number of nitrogens with zero attached hydrogens (tertiary/aromatic N) is 3. The van der Waals surface area contributed by atoms with Crippen molar-refractivity contribution >= 4 is 35.6 Å². The van der Waals surface area contributed by atoms with Gasteiger partial charge in [-0.2, -0.15) is 5.10 Å². The van der Waals surface area contributed by atoms with E-state index in [1.54, 1.807) is 23.5 Å². The van der Waals surface area contributed by atoms with Gasteiger partial charge in [-0.3, -0.25) is 14.6 Å². The molecule has 3 amide bonds. The number of aryl methyl sites for hydroxylation is 1. The molecule has 10 heteroatoms. The van der Waals surface area contributed by atoms with Gasteiger partial charge in [0.1, 0.15) is 19.2 Å². The summed E-state index contributed by atoms with van der Waals surface area (Å²) >= 11 is 0. The molecule has 0 saturated heterocycles. The molecule has 0 bridgehead atoms. The number of benzene rings is 2. The number of anilines is 2. The zero-order valence-corrected chi connectivity index (χ0v) is 20.9. The molecule has 3 rings (SSSR count). The Bertz CT molecular complexity index is 1090. The van der Waals surface area contributed by atoms with Gasteiger partial charge < -0.3 is 26.0 Å². The maximum absolute atomic E-state index is 12.8. The predicted molar refractivity (Wildman–Crippen MR) is 140 cm³/mol. The second-order valence-electron chi connectivity index (χ2n) is 9.24. The third kappa shape index (κ3) is 8.30. The third-order valence-electron chi connectivity index (χ3n) is 5.67. The van der Waals surface area contributed by atoms with Crippen LogP contribution in [0.4, 0.5) is 16.2 Å². The van der Waals surface area contributed by atoms with E-state index in [9.17, 15) is 14.4 Å². The first-order valence-corrected chi connectivity index (χ1v) is 12.0. The lowest BCUT2D eigenvalue weighted by atomic mass is 10.1. The molecule has 36 heavy (non-hydrogen) atoms. The smallest absolute Gasteiger partial charge is 0.323 e. The van der Waals surface area contributed by atoms with Gasteiger partial charge >= 0.3 is 12.0 Å². The zero-order chi connectivity index (χ0) is 26.1. The van der Waals surface area contributed by atoms with Crippen LogP contribution >= 0.6 is 0 Å². The van der Waals surface area contributed by atoms with E-state index in [0.717, 1.165) is 23.2 Å². The summed E-state index contributed by atoms with van der Waals surface area (Å²) < 4.78 is 0. The highest BCUT2D eigenvalue weighted by Gasteiger charge is 2.25. The molecule has 1 heterocycles. The molecule has 192 valence electrons. The Morgan fingerprint density at radius 1 is 1.06 bits per heavy atom. The Kier molecular flexibility index (Phi) is 9.26. The molecule has 1 aliphatic rings. The van der Waals surface area contributed by atoms with E-state index in [4.69, 9.17) is 5.11 Å². The van der Waals surface area contributed by atoms with E-state index in [0.29, 0.717) is 24.8 Å². The van der Waals surface area contributed by atoms with Gasteiger partial charge in [0, 0.05) is 17.9 Å². The van der Waals surface area contributed by atoms with E-state index >= 15 is 0 Å². The summed E-state index contributed by atoms with van der Waals surface area (Å²) in [6, 6.07) is 14.3. The minimum Gasteiger partial charge on any atom is -0.481 e. The number of carboxylic acid groups (broad SMARTS) is 1. The summed E-state index contributed by atoms with van der Waals surface area (Å²) in [7, 11) is 0. The number of hydrazone groups is 1. The van der Waals surface area contributed by atoms with Gasteiger partial charge in [-0.15, -0.1) is 0 Å². The van der Waals surface area contributed by atoms with Crippen molar-refractivity contribution in [3.05, 3.63) is 59.7 Å². The second kappa shape index (κ2) is 12.6. The van der Waals surface area contributed by atoms with Crippen LogP contribution < -0.4 is 16.0 Å². The van der Waals surface area contributed by atoms with Gasteiger partial charge in [0.25, 0.3) is 0 Å². The summed E-state index contributed by atoms with van der Waals surface area (Å²) in [5.74, 6) is -0.659. The molecule has 0 fully saturated rings. The van der Waals surface area contributed by atoms with Crippen molar-refractivity contribution in [3.8, 4) is 0 Å². The number of hydrogen-bond donors (Lipinski definition) is 4. The number of rotatable bonds is 11. The second-order valence-corrected chi connectivity index (χ2v) is 9.24. The van der Waals surface area contributed by atoms with E-state index in [1.165, 1.54) is 0 Å². The Labute approximate surface area is 211 Å². The maximum atomic E-state index is 12.8. The number of carbonyl (C=O) groups excluding carboxylic acids is 2. The Morgan fingerprint density at radius 2 is 1.78 bits per heavy atom. The van der Waals surface area contributed by atoms with Crippen molar-refractivity contribution in [2.24, 2.45) is 11.0 Å². The number of aliphatic carboxylic acids is 1. The van der Waals surface area contributed by atoms with Gasteiger partial charge in [0.2, 0.25) is 5.91 Å². The fourth-order valence-corrected chi connectivity index (χ4v) is 3.78. The van der Waals surface area contributed by atoms with E-state index < -0.39 is 5.97 Å². The molecule has 0 aliphatic carbocycles. The molecular weight excluding hydrogens is 460 g/mol. The van der Waals surface area contributed by atoms with Gasteiger partial charge in [-0.25, -0.2) is 4.79 Å². The number of hydrogen-bond acceptors (Lipinski definition) is 6. The van der Waals surface area contributed by atoms with Crippen LogP contribution in [0.3, 0.4) is 0 Å². The van der Waals surface area contributed by atoms with Crippen LogP contribution in [0, 0.1) is 12.8 Å². The molecule has 1 unspecified atom stereocenters. The average Bonchev–Trinajstić information content (AvgIpc) is 3.29. The highest BCUT2D eigenvalue weighted by atomic mass is 16.4. The zero-order valence-electron chi connectivity index (χ0n) is 20.9. The normalized spacial score (nSPS) is 13.6. The fourth-order valence-electron chi connectivity index (χ4n) is 3.78. The van der Waals surface area contributed by atoms with Gasteiger partial charge in [0.05, 0.1) is 12.8 Å². The predicted octanol–water partition coefficient (Wildman–Crippen LogP) is 3.66. The topological polar surface area (TPSA) is 126 Å². The van der Waals surface area contributed by atoms with Crippen LogP contribution in [-0.2, 0) is 16.0 Å². The minimum absolute atomic E-state index is 0.00476. The molecule has 1 atom stereocenters. The number of para-hydroxylation sites is 1. The van der Waals surface area contributed by atoms with Crippen LogP contribution in [0.1, 0.15) is 37.8 Å². The summed E-state index contributed by atoms with van der Waals surface area (Å²) in [6.07, 6.45) is 2.33. The molecular formula is C26H34N6O4. The fraction of sp³-hybridized carbons (Fsp3) is 0.385. The Balaban J connectivity index is 1.51. The van der Waals surface area contributed by atoms with Crippen molar-refractivity contribution in [1.29, 1.82) is 0 Å². The van der Waals surface area contributed by atoms with Crippen molar-refractivity contribution in [1.82, 2.24) is 15.2 Å². The van der Waals surface area contributed by atoms with Crippen LogP contribution in [0.15, 0.2) is 53.6 Å². The van der Waals surface area contributed by atoms with Crippen molar-refractivity contribution in [2.75, 3.05) is 23.8 Å². The van der Waals surface area contributed by atoms with Crippen molar-refractivity contribution in [2.45, 2.75) is 46.2 Å². The molecule has 0 spiro atoms. The highest BCUT2D eigenvalue weighted by molar-refractivity contribution is 6.00. The molecule has 0 aromatic heterocycles. The van der Waals surface area contributed by atoms with Crippen LogP contribution in [0.2, 0.25) is 0 Å². The molecule has 0 radical (unpaired) electrons. The molecule has 10 nitrogen and oxygen atoms in total. The summed E-state index contributed by atoms with van der Waals surface area (Å²) in [5, 5.41) is 23.5. The highest BCUT2D eigenvalue weighted by Crippen LogP contribution is 2.16. The largest absolute Gasteiger partial charge is 0.481 e. The molecule has 0 saturated carbocycles. The minimum atomic E-state index is -0.871. The van der Waals surface area contributed by atoms with Crippen LogP contribution in [-0.4, -0.2) is 58.6 Å². The standard InChI is InChI=1S/C26H34N6O4/c1-18(2)14-23(31-16-27-32(17-31)13-12-25(34)35)30-24(33)15-20-8-10-21(11-9-20)28-26(36)29-22-7-5-4-6-19(22)3/h4-11,16,18,23H,12-15,17H2,1-3H3,(H,30,33)(H,34,35)(H2,28,29,36). The maximum Gasteiger partial charge on any atom is 0.323 e. The first-order chi connectivity index (χ1) is 17.2. The summed E-state index contributed by atoms with van der Waals surface area (Å²) in [4.78, 5) is 37.8. The Hall–Kier alpha value is -4.08. The summed E-state index contributed by atoms with van der Waals surface area (Å²) in [5.41, 5.74) is 3.15. The van der Waals surface area contributed by atoms with Gasteiger partial charge in [-0.05, 0) is 48.6 Å². The first-order valence-electron chi connectivity index (χ1n) is 12.0. The van der Waals surface area contributed by atoms with Crippen molar-refractivity contribution < 1.29 is 19.5 Å². The molecule has 4 N–H and O–H groups in total. The Morgan fingerprint density at radius 3 is 2.44 bits per heavy atom. The molecule has 1 aliphatic heterocycles. The van der Waals surface area contributed by atoms with Crippen LogP contribution in [0.5, 0.6) is 0 Å². The van der Waals surface area contributed by atoms with E-state index in [-0.39, 0.29) is 30.9 Å². The van der Waals surface area contributed by atoms with Crippen LogP contribution in [0.25, 0.3) is 0 Å². The number of nitrogens with one attached hydrogen (secondary N) is 3. The number of amides is 3. The monoisotopic (exact) mass is 494 g/mol.